The van der Waals surface area contributed by atoms with Crippen molar-refractivity contribution >= 4 is 38.9 Å². The molecule has 2 nitrogen and oxygen atoms in total. The molecule has 2 aliphatic rings. The van der Waals surface area contributed by atoms with Gasteiger partial charge in [0.1, 0.15) is 0 Å². The largest absolute Gasteiger partial charge is 0.310 e. The molecule has 0 aliphatic heterocycles. The first-order valence-corrected chi connectivity index (χ1v) is 20.0. The van der Waals surface area contributed by atoms with Gasteiger partial charge in [-0.1, -0.05) is 158 Å². The number of anilines is 3. The summed E-state index contributed by atoms with van der Waals surface area (Å²) in [7, 11) is 0. The number of allylic oxidation sites excluding steroid dienone is 4. The van der Waals surface area contributed by atoms with Gasteiger partial charge in [-0.05, 0) is 118 Å². The third-order valence-electron chi connectivity index (χ3n) is 12.1. The van der Waals surface area contributed by atoms with E-state index in [0.717, 1.165) is 29.9 Å². The standard InChI is InChI=1S/C55H40N2/c1-5-17-41(18-6-1)55(42-19-7-2-8-20-42)51-27-15-13-25-47(51)50-38-46(34-36-52(50)55)56(43-21-9-3-10-22-43)45-32-29-39(30-33-45)40-31-35-49-48-26-14-16-28-53(48)57(54(49)37-40)44-23-11-4-12-24-44/h1,3-7,9-38H,2,8H2. The number of hydrogen-bond donors (Lipinski definition) is 0. The molecule has 0 radical (unpaired) electrons. The topological polar surface area (TPSA) is 8.17 Å². The number of fused-ring (bicyclic) bond motifs is 6. The number of para-hydroxylation sites is 3. The molecule has 0 amide bonds. The summed E-state index contributed by atoms with van der Waals surface area (Å²) in [6.07, 6.45) is 9.31. The minimum atomic E-state index is -0.380. The monoisotopic (exact) mass is 728 g/mol. The predicted molar refractivity (Wildman–Crippen MR) is 239 cm³/mol. The highest BCUT2D eigenvalue weighted by atomic mass is 15.1. The number of nitrogens with zero attached hydrogens (tertiary/aromatic N) is 2. The van der Waals surface area contributed by atoms with E-state index in [1.807, 2.05) is 0 Å². The maximum atomic E-state index is 2.46. The highest BCUT2D eigenvalue weighted by Crippen LogP contribution is 2.58. The summed E-state index contributed by atoms with van der Waals surface area (Å²) in [6, 6.07) is 73.4. The molecule has 270 valence electrons. The Morgan fingerprint density at radius 2 is 1.07 bits per heavy atom. The normalized spacial score (nSPS) is 15.7. The average Bonchev–Trinajstić information content (AvgIpc) is 3.78. The summed E-state index contributed by atoms with van der Waals surface area (Å²) < 4.78 is 2.39. The van der Waals surface area contributed by atoms with Gasteiger partial charge < -0.3 is 9.47 Å². The van der Waals surface area contributed by atoms with Crippen LogP contribution in [0.5, 0.6) is 0 Å². The fourth-order valence-electron chi connectivity index (χ4n) is 9.61. The Morgan fingerprint density at radius 1 is 0.439 bits per heavy atom. The Balaban J connectivity index is 1.04. The Morgan fingerprint density at radius 3 is 1.86 bits per heavy atom. The quantitative estimate of drug-likeness (QED) is 0.159. The van der Waals surface area contributed by atoms with E-state index in [1.54, 1.807) is 0 Å². The van der Waals surface area contributed by atoms with Crippen molar-refractivity contribution in [2.24, 2.45) is 0 Å². The van der Waals surface area contributed by atoms with Crippen LogP contribution in [-0.2, 0) is 5.41 Å². The SMILES string of the molecule is C1=CC(C2(c3ccccc3)c3ccccc3-c3cc(N(c4ccccc4)c4ccc(-c5ccc6c7ccccc7n(-c7ccccc7)c6c5)cc4)ccc32)=CCC1. The number of hydrogen-bond acceptors (Lipinski definition) is 1. The van der Waals surface area contributed by atoms with E-state index in [0.29, 0.717) is 0 Å². The van der Waals surface area contributed by atoms with Crippen LogP contribution in [0.4, 0.5) is 17.1 Å². The molecule has 0 spiro atoms. The minimum Gasteiger partial charge on any atom is -0.310 e. The van der Waals surface area contributed by atoms with Gasteiger partial charge in [0, 0.05) is 33.5 Å². The minimum absolute atomic E-state index is 0.380. The van der Waals surface area contributed by atoms with Crippen LogP contribution in [0.1, 0.15) is 29.5 Å². The first-order valence-electron chi connectivity index (χ1n) is 20.0. The third kappa shape index (κ3) is 5.25. The van der Waals surface area contributed by atoms with E-state index in [2.05, 4.69) is 228 Å². The summed E-state index contributed by atoms with van der Waals surface area (Å²) in [6.45, 7) is 0. The predicted octanol–water partition coefficient (Wildman–Crippen LogP) is 14.5. The molecule has 1 aromatic heterocycles. The van der Waals surface area contributed by atoms with Gasteiger partial charge in [0.2, 0.25) is 0 Å². The molecule has 1 heterocycles. The lowest BCUT2D eigenvalue weighted by Gasteiger charge is -2.36. The molecule has 0 saturated carbocycles. The number of aromatic nitrogens is 1. The molecule has 11 rings (SSSR count). The van der Waals surface area contributed by atoms with Crippen LogP contribution in [-0.4, -0.2) is 4.57 Å². The van der Waals surface area contributed by atoms with E-state index in [-0.39, 0.29) is 5.41 Å². The van der Waals surface area contributed by atoms with Crippen LogP contribution < -0.4 is 4.90 Å². The van der Waals surface area contributed by atoms with Crippen molar-refractivity contribution in [2.75, 3.05) is 4.90 Å². The van der Waals surface area contributed by atoms with Crippen LogP contribution in [0.3, 0.4) is 0 Å². The summed E-state index contributed by atoms with van der Waals surface area (Å²) >= 11 is 0. The van der Waals surface area contributed by atoms with Gasteiger partial charge in [-0.15, -0.1) is 0 Å². The van der Waals surface area contributed by atoms with Crippen molar-refractivity contribution in [3.63, 3.8) is 0 Å². The molecule has 0 fully saturated rings. The van der Waals surface area contributed by atoms with E-state index < -0.39 is 0 Å². The Kier molecular flexibility index (Phi) is 7.89. The van der Waals surface area contributed by atoms with E-state index in [1.165, 1.54) is 72.0 Å². The van der Waals surface area contributed by atoms with Crippen LogP contribution in [0.15, 0.2) is 224 Å². The maximum absolute atomic E-state index is 2.46. The highest BCUT2D eigenvalue weighted by molar-refractivity contribution is 6.10. The van der Waals surface area contributed by atoms with E-state index >= 15 is 0 Å². The third-order valence-corrected chi connectivity index (χ3v) is 12.1. The van der Waals surface area contributed by atoms with Gasteiger partial charge in [-0.2, -0.15) is 0 Å². The zero-order valence-electron chi connectivity index (χ0n) is 31.6. The molecule has 9 aromatic rings. The van der Waals surface area contributed by atoms with Crippen molar-refractivity contribution in [2.45, 2.75) is 18.3 Å². The van der Waals surface area contributed by atoms with Gasteiger partial charge >= 0.3 is 0 Å². The van der Waals surface area contributed by atoms with Crippen molar-refractivity contribution in [1.29, 1.82) is 0 Å². The van der Waals surface area contributed by atoms with Crippen LogP contribution >= 0.6 is 0 Å². The van der Waals surface area contributed by atoms with Gasteiger partial charge in [0.25, 0.3) is 0 Å². The van der Waals surface area contributed by atoms with Crippen molar-refractivity contribution in [3.05, 3.63) is 241 Å². The summed E-state index contributed by atoms with van der Waals surface area (Å²) in [5.74, 6) is 0. The lowest BCUT2D eigenvalue weighted by Crippen LogP contribution is -2.29. The van der Waals surface area contributed by atoms with Crippen LogP contribution in [0, 0.1) is 0 Å². The molecular formula is C55H40N2. The maximum Gasteiger partial charge on any atom is 0.0710 e. The lowest BCUT2D eigenvalue weighted by molar-refractivity contribution is 0.751. The molecular weight excluding hydrogens is 689 g/mol. The molecule has 0 bridgehead atoms. The Labute approximate surface area is 333 Å². The molecule has 2 heteroatoms. The number of benzene rings is 8. The summed E-state index contributed by atoms with van der Waals surface area (Å²) in [4.78, 5) is 2.39. The second-order valence-electron chi connectivity index (χ2n) is 15.2. The smallest absolute Gasteiger partial charge is 0.0710 e. The Bertz CT molecular complexity index is 2990. The molecule has 1 atom stereocenters. The second-order valence-corrected chi connectivity index (χ2v) is 15.2. The molecule has 8 aromatic carbocycles. The lowest BCUT2D eigenvalue weighted by atomic mass is 9.66. The summed E-state index contributed by atoms with van der Waals surface area (Å²) in [5, 5.41) is 2.53. The van der Waals surface area contributed by atoms with Gasteiger partial charge in [0.05, 0.1) is 16.4 Å². The Hall–Kier alpha value is -7.16. The molecule has 2 aliphatic carbocycles. The fourth-order valence-corrected chi connectivity index (χ4v) is 9.61. The first kappa shape index (κ1) is 33.2. The molecule has 0 N–H and O–H groups in total. The second kappa shape index (κ2) is 13.5. The molecule has 0 saturated heterocycles. The van der Waals surface area contributed by atoms with Crippen molar-refractivity contribution in [3.8, 4) is 27.9 Å². The van der Waals surface area contributed by atoms with Gasteiger partial charge in [0.15, 0.2) is 0 Å². The van der Waals surface area contributed by atoms with Crippen molar-refractivity contribution < 1.29 is 0 Å². The van der Waals surface area contributed by atoms with Crippen LogP contribution in [0.2, 0.25) is 0 Å². The van der Waals surface area contributed by atoms with Crippen molar-refractivity contribution in [1.82, 2.24) is 4.57 Å². The zero-order valence-corrected chi connectivity index (χ0v) is 31.6. The molecule has 57 heavy (non-hydrogen) atoms. The fraction of sp³-hybridized carbons (Fsp3) is 0.0545. The molecule has 1 unspecified atom stereocenters. The first-order chi connectivity index (χ1) is 28.3. The average molecular weight is 729 g/mol. The van der Waals surface area contributed by atoms with Crippen LogP contribution in [0.25, 0.3) is 49.7 Å². The van der Waals surface area contributed by atoms with Gasteiger partial charge in [-0.25, -0.2) is 0 Å². The highest BCUT2D eigenvalue weighted by Gasteiger charge is 2.47. The van der Waals surface area contributed by atoms with E-state index in [9.17, 15) is 0 Å². The van der Waals surface area contributed by atoms with Gasteiger partial charge in [-0.3, -0.25) is 0 Å². The number of rotatable bonds is 7. The van der Waals surface area contributed by atoms with E-state index in [4.69, 9.17) is 0 Å². The zero-order chi connectivity index (χ0) is 37.8. The summed E-state index contributed by atoms with van der Waals surface area (Å²) in [5.41, 5.74) is 16.9.